The standard InChI is InChI=1S/C12H13N3O4/c13-8(12(17)18)4-11(16)14-5-7-1-2-9-10(3-7)19-6-15-9/h1-3,6,8H,4-5,13H2,(H,14,16)(H,17,18). The normalized spacial score (nSPS) is 12.3. The van der Waals surface area contributed by atoms with E-state index < -0.39 is 17.9 Å². The van der Waals surface area contributed by atoms with Crippen molar-refractivity contribution in [1.29, 1.82) is 0 Å². The molecule has 0 radical (unpaired) electrons. The summed E-state index contributed by atoms with van der Waals surface area (Å²) in [5.41, 5.74) is 7.47. The number of benzene rings is 1. The lowest BCUT2D eigenvalue weighted by molar-refractivity contribution is -0.140. The summed E-state index contributed by atoms with van der Waals surface area (Å²) in [5.74, 6) is -1.61. The SMILES string of the molecule is NC(CC(=O)NCc1ccc2ncoc2c1)C(=O)O. The van der Waals surface area contributed by atoms with Crippen LogP contribution in [0.25, 0.3) is 11.1 Å². The number of amides is 1. The highest BCUT2D eigenvalue weighted by atomic mass is 16.4. The summed E-state index contributed by atoms with van der Waals surface area (Å²) in [6.45, 7) is 0.280. The Morgan fingerprint density at radius 3 is 3.00 bits per heavy atom. The van der Waals surface area contributed by atoms with E-state index in [2.05, 4.69) is 10.3 Å². The number of aliphatic carboxylic acids is 1. The molecule has 19 heavy (non-hydrogen) atoms. The Morgan fingerprint density at radius 1 is 1.47 bits per heavy atom. The number of aromatic nitrogens is 1. The summed E-state index contributed by atoms with van der Waals surface area (Å²) in [5, 5.41) is 11.2. The fraction of sp³-hybridized carbons (Fsp3) is 0.250. The van der Waals surface area contributed by atoms with E-state index in [0.29, 0.717) is 5.58 Å². The first-order valence-corrected chi connectivity index (χ1v) is 5.63. The van der Waals surface area contributed by atoms with E-state index in [9.17, 15) is 9.59 Å². The molecule has 2 aromatic rings. The lowest BCUT2D eigenvalue weighted by atomic mass is 10.2. The number of carboxylic acid groups (broad SMARTS) is 1. The molecule has 0 fully saturated rings. The van der Waals surface area contributed by atoms with E-state index in [1.165, 1.54) is 6.39 Å². The van der Waals surface area contributed by atoms with Gasteiger partial charge in [0.05, 0.1) is 6.42 Å². The van der Waals surface area contributed by atoms with E-state index in [0.717, 1.165) is 11.1 Å². The van der Waals surface area contributed by atoms with Crippen LogP contribution in [0.5, 0.6) is 0 Å². The molecule has 0 spiro atoms. The Kier molecular flexibility index (Phi) is 3.76. The van der Waals surface area contributed by atoms with Gasteiger partial charge in [0.1, 0.15) is 11.6 Å². The molecule has 7 heteroatoms. The number of carboxylic acids is 1. The van der Waals surface area contributed by atoms with Gasteiger partial charge in [0.25, 0.3) is 0 Å². The van der Waals surface area contributed by atoms with Gasteiger partial charge in [-0.15, -0.1) is 0 Å². The zero-order chi connectivity index (χ0) is 13.8. The number of carbonyl (C=O) groups excluding carboxylic acids is 1. The van der Waals surface area contributed by atoms with Crippen LogP contribution in [0.3, 0.4) is 0 Å². The minimum absolute atomic E-state index is 0.250. The lowest BCUT2D eigenvalue weighted by Crippen LogP contribution is -2.36. The molecule has 2 rings (SSSR count). The van der Waals surface area contributed by atoms with Crippen molar-refractivity contribution in [2.75, 3.05) is 0 Å². The molecule has 0 aliphatic carbocycles. The van der Waals surface area contributed by atoms with Gasteiger partial charge >= 0.3 is 5.97 Å². The van der Waals surface area contributed by atoms with E-state index in [-0.39, 0.29) is 13.0 Å². The third-order valence-electron chi connectivity index (χ3n) is 2.61. The second-order valence-electron chi connectivity index (χ2n) is 4.08. The highest BCUT2D eigenvalue weighted by molar-refractivity contribution is 5.84. The number of fused-ring (bicyclic) bond motifs is 1. The second-order valence-corrected chi connectivity index (χ2v) is 4.08. The van der Waals surface area contributed by atoms with Crippen LogP contribution in [0.4, 0.5) is 0 Å². The Hall–Kier alpha value is -2.41. The van der Waals surface area contributed by atoms with Gasteiger partial charge in [0, 0.05) is 6.54 Å². The lowest BCUT2D eigenvalue weighted by Gasteiger charge is -2.07. The van der Waals surface area contributed by atoms with Crippen molar-refractivity contribution in [3.8, 4) is 0 Å². The van der Waals surface area contributed by atoms with Crippen molar-refractivity contribution < 1.29 is 19.1 Å². The molecule has 1 atom stereocenters. The van der Waals surface area contributed by atoms with E-state index in [1.54, 1.807) is 12.1 Å². The quantitative estimate of drug-likeness (QED) is 0.711. The third-order valence-corrected chi connectivity index (χ3v) is 2.61. The fourth-order valence-electron chi connectivity index (χ4n) is 1.57. The molecule has 0 saturated carbocycles. The van der Waals surface area contributed by atoms with Crippen LogP contribution in [0.1, 0.15) is 12.0 Å². The molecular weight excluding hydrogens is 250 g/mol. The molecular formula is C12H13N3O4. The monoisotopic (exact) mass is 263 g/mol. The van der Waals surface area contributed by atoms with Gasteiger partial charge < -0.3 is 20.6 Å². The predicted molar refractivity (Wildman–Crippen MR) is 66.1 cm³/mol. The molecule has 0 aliphatic rings. The van der Waals surface area contributed by atoms with Crippen LogP contribution < -0.4 is 11.1 Å². The van der Waals surface area contributed by atoms with E-state index in [4.69, 9.17) is 15.3 Å². The number of nitrogens with zero attached hydrogens (tertiary/aromatic N) is 1. The highest BCUT2D eigenvalue weighted by Crippen LogP contribution is 2.13. The largest absolute Gasteiger partial charge is 0.480 e. The van der Waals surface area contributed by atoms with E-state index >= 15 is 0 Å². The molecule has 0 bridgehead atoms. The summed E-state index contributed by atoms with van der Waals surface area (Å²) in [6.07, 6.45) is 1.10. The van der Waals surface area contributed by atoms with Crippen LogP contribution in [-0.2, 0) is 16.1 Å². The number of nitrogens with two attached hydrogens (primary N) is 1. The molecule has 1 aromatic carbocycles. The zero-order valence-electron chi connectivity index (χ0n) is 10.00. The van der Waals surface area contributed by atoms with Crippen LogP contribution in [0.15, 0.2) is 29.0 Å². The van der Waals surface area contributed by atoms with Crippen LogP contribution >= 0.6 is 0 Å². The summed E-state index contributed by atoms with van der Waals surface area (Å²) in [6, 6.07) is 4.17. The Bertz CT molecular complexity index is 608. The predicted octanol–water partition coefficient (Wildman–Crippen LogP) is 0.246. The Labute approximate surface area is 108 Å². The van der Waals surface area contributed by atoms with Crippen LogP contribution in [0.2, 0.25) is 0 Å². The van der Waals surface area contributed by atoms with Crippen molar-refractivity contribution in [3.05, 3.63) is 30.2 Å². The highest BCUT2D eigenvalue weighted by Gasteiger charge is 2.15. The molecule has 7 nitrogen and oxygen atoms in total. The van der Waals surface area contributed by atoms with Gasteiger partial charge in [-0.1, -0.05) is 6.07 Å². The fourth-order valence-corrected chi connectivity index (χ4v) is 1.57. The van der Waals surface area contributed by atoms with Gasteiger partial charge in [0.15, 0.2) is 12.0 Å². The van der Waals surface area contributed by atoms with Gasteiger partial charge in [-0.2, -0.15) is 0 Å². The molecule has 1 aromatic heterocycles. The average Bonchev–Trinajstić information content (AvgIpc) is 2.83. The van der Waals surface area contributed by atoms with Crippen molar-refractivity contribution >= 4 is 23.0 Å². The Balaban J connectivity index is 1.91. The van der Waals surface area contributed by atoms with Crippen LogP contribution in [-0.4, -0.2) is 28.0 Å². The first-order valence-electron chi connectivity index (χ1n) is 5.63. The molecule has 1 amide bonds. The molecule has 0 aliphatic heterocycles. The molecule has 4 N–H and O–H groups in total. The first kappa shape index (κ1) is 13.0. The average molecular weight is 263 g/mol. The molecule has 1 heterocycles. The maximum atomic E-state index is 11.5. The third kappa shape index (κ3) is 3.29. The number of rotatable bonds is 5. The number of hydrogen-bond donors (Lipinski definition) is 3. The van der Waals surface area contributed by atoms with Crippen molar-refractivity contribution in [2.24, 2.45) is 5.73 Å². The zero-order valence-corrected chi connectivity index (χ0v) is 10.00. The van der Waals surface area contributed by atoms with Crippen molar-refractivity contribution in [1.82, 2.24) is 10.3 Å². The summed E-state index contributed by atoms with van der Waals surface area (Å²) in [7, 11) is 0. The number of oxazole rings is 1. The maximum Gasteiger partial charge on any atom is 0.321 e. The van der Waals surface area contributed by atoms with Gasteiger partial charge in [0.2, 0.25) is 5.91 Å². The number of hydrogen-bond acceptors (Lipinski definition) is 5. The second kappa shape index (κ2) is 5.49. The molecule has 0 saturated heterocycles. The summed E-state index contributed by atoms with van der Waals surface area (Å²) in [4.78, 5) is 25.9. The topological polar surface area (TPSA) is 118 Å². The number of carbonyl (C=O) groups is 2. The van der Waals surface area contributed by atoms with Gasteiger partial charge in [-0.25, -0.2) is 4.98 Å². The van der Waals surface area contributed by atoms with Crippen LogP contribution in [0, 0.1) is 0 Å². The van der Waals surface area contributed by atoms with E-state index in [1.807, 2.05) is 6.07 Å². The van der Waals surface area contributed by atoms with Gasteiger partial charge in [-0.3, -0.25) is 9.59 Å². The number of nitrogens with one attached hydrogen (secondary N) is 1. The van der Waals surface area contributed by atoms with Gasteiger partial charge in [-0.05, 0) is 17.7 Å². The Morgan fingerprint density at radius 2 is 2.26 bits per heavy atom. The molecule has 100 valence electrons. The summed E-state index contributed by atoms with van der Waals surface area (Å²) < 4.78 is 5.14. The maximum absolute atomic E-state index is 11.5. The first-order chi connectivity index (χ1) is 9.06. The summed E-state index contributed by atoms with van der Waals surface area (Å²) >= 11 is 0. The minimum atomic E-state index is -1.20. The van der Waals surface area contributed by atoms with Crippen molar-refractivity contribution in [3.63, 3.8) is 0 Å². The van der Waals surface area contributed by atoms with Crippen molar-refractivity contribution in [2.45, 2.75) is 19.0 Å². The minimum Gasteiger partial charge on any atom is -0.480 e. The molecule has 1 unspecified atom stereocenters. The smallest absolute Gasteiger partial charge is 0.321 e.